The Morgan fingerprint density at radius 3 is 2.24 bits per heavy atom. The van der Waals surface area contributed by atoms with Crippen molar-refractivity contribution in [2.45, 2.75) is 19.4 Å². The number of likely N-dealkylation sites (N-methyl/N-ethyl adjacent to an activating group) is 1. The highest BCUT2D eigenvalue weighted by molar-refractivity contribution is 14.1. The van der Waals surface area contributed by atoms with Gasteiger partial charge >= 0.3 is 0 Å². The maximum absolute atomic E-state index is 14.1. The highest BCUT2D eigenvalue weighted by Crippen LogP contribution is 2.27. The molecule has 1 atom stereocenters. The lowest BCUT2D eigenvalue weighted by molar-refractivity contribution is 0.472. The number of halogens is 4. The van der Waals surface area contributed by atoms with Gasteiger partial charge in [-0.25, -0.2) is 8.78 Å². The summed E-state index contributed by atoms with van der Waals surface area (Å²) in [4.78, 5) is 0. The lowest BCUT2D eigenvalue weighted by atomic mass is 9.98. The Morgan fingerprint density at radius 2 is 1.71 bits per heavy atom. The fourth-order valence-electron chi connectivity index (χ4n) is 2.27. The van der Waals surface area contributed by atoms with Gasteiger partial charge in [-0.15, -0.1) is 0 Å². The molecule has 0 bridgehead atoms. The first-order valence-corrected chi connectivity index (χ1v) is 8.50. The Hall–Kier alpha value is -0.530. The summed E-state index contributed by atoms with van der Waals surface area (Å²) in [7, 11) is 0. The van der Waals surface area contributed by atoms with Gasteiger partial charge in [-0.2, -0.15) is 0 Å². The standard InChI is InChI=1S/C16H15BrF2IN/c1-2-21-15(7-10-3-5-12(20)6-4-10)16-13(18)8-11(17)9-14(16)19/h3-6,8-9,15,21H,2,7H2,1H3. The van der Waals surface area contributed by atoms with Crippen LogP contribution in [0.5, 0.6) is 0 Å². The van der Waals surface area contributed by atoms with Crippen LogP contribution in [-0.2, 0) is 6.42 Å². The van der Waals surface area contributed by atoms with Crippen LogP contribution in [0.3, 0.4) is 0 Å². The Kier molecular flexibility index (Phi) is 6.13. The van der Waals surface area contributed by atoms with Crippen molar-refractivity contribution < 1.29 is 8.78 Å². The molecule has 0 aromatic heterocycles. The first-order valence-electron chi connectivity index (χ1n) is 6.63. The molecule has 1 N–H and O–H groups in total. The van der Waals surface area contributed by atoms with Crippen LogP contribution >= 0.6 is 38.5 Å². The molecule has 5 heteroatoms. The number of nitrogens with one attached hydrogen (secondary N) is 1. The molecule has 0 aliphatic heterocycles. The number of hydrogen-bond donors (Lipinski definition) is 1. The molecule has 0 spiro atoms. The van der Waals surface area contributed by atoms with E-state index in [1.165, 1.54) is 12.1 Å². The lowest BCUT2D eigenvalue weighted by Crippen LogP contribution is -2.25. The first kappa shape index (κ1) is 16.8. The second kappa shape index (κ2) is 7.65. The van der Waals surface area contributed by atoms with Gasteiger partial charge in [0.1, 0.15) is 11.6 Å². The summed E-state index contributed by atoms with van der Waals surface area (Å²) in [5, 5.41) is 3.17. The van der Waals surface area contributed by atoms with Crippen molar-refractivity contribution in [1.29, 1.82) is 0 Å². The Morgan fingerprint density at radius 1 is 1.14 bits per heavy atom. The third-order valence-corrected chi connectivity index (χ3v) is 4.37. The van der Waals surface area contributed by atoms with Crippen LogP contribution in [0.2, 0.25) is 0 Å². The fraction of sp³-hybridized carbons (Fsp3) is 0.250. The minimum atomic E-state index is -0.529. The van der Waals surface area contributed by atoms with Crippen molar-refractivity contribution in [2.24, 2.45) is 0 Å². The van der Waals surface area contributed by atoms with Gasteiger partial charge in [0.2, 0.25) is 0 Å². The fourth-order valence-corrected chi connectivity index (χ4v) is 3.03. The van der Waals surface area contributed by atoms with E-state index < -0.39 is 11.6 Å². The molecule has 0 aliphatic carbocycles. The molecule has 0 aliphatic rings. The minimum Gasteiger partial charge on any atom is -0.310 e. The normalized spacial score (nSPS) is 12.4. The third kappa shape index (κ3) is 4.47. The van der Waals surface area contributed by atoms with Crippen molar-refractivity contribution in [2.75, 3.05) is 6.54 Å². The zero-order chi connectivity index (χ0) is 15.4. The molecule has 0 amide bonds. The molecule has 0 saturated carbocycles. The smallest absolute Gasteiger partial charge is 0.132 e. The number of benzene rings is 2. The van der Waals surface area contributed by atoms with Crippen LogP contribution in [0, 0.1) is 15.2 Å². The Labute approximate surface area is 145 Å². The molecule has 112 valence electrons. The van der Waals surface area contributed by atoms with Crippen molar-refractivity contribution in [1.82, 2.24) is 5.32 Å². The summed E-state index contributed by atoms with van der Waals surface area (Å²) in [6, 6.07) is 10.2. The molecule has 0 heterocycles. The third-order valence-electron chi connectivity index (χ3n) is 3.20. The van der Waals surface area contributed by atoms with Crippen LogP contribution in [0.1, 0.15) is 24.1 Å². The van der Waals surface area contributed by atoms with Crippen molar-refractivity contribution >= 4 is 38.5 Å². The number of rotatable bonds is 5. The Bertz CT molecular complexity index is 593. The summed E-state index contributed by atoms with van der Waals surface area (Å²) < 4.78 is 29.8. The second-order valence-electron chi connectivity index (χ2n) is 4.72. The molecular formula is C16H15BrF2IN. The summed E-state index contributed by atoms with van der Waals surface area (Å²) in [5.41, 5.74) is 1.14. The molecule has 0 fully saturated rings. The molecule has 2 aromatic rings. The van der Waals surface area contributed by atoms with Crippen molar-refractivity contribution in [3.63, 3.8) is 0 Å². The topological polar surface area (TPSA) is 12.0 Å². The van der Waals surface area contributed by atoms with E-state index in [1.54, 1.807) is 0 Å². The molecule has 2 aromatic carbocycles. The van der Waals surface area contributed by atoms with Crippen LogP contribution in [-0.4, -0.2) is 6.54 Å². The summed E-state index contributed by atoms with van der Waals surface area (Å²) in [6.45, 7) is 2.57. The van der Waals surface area contributed by atoms with Gasteiger partial charge in [0.05, 0.1) is 0 Å². The van der Waals surface area contributed by atoms with Gasteiger partial charge in [0.15, 0.2) is 0 Å². The molecule has 2 rings (SSSR count). The monoisotopic (exact) mass is 465 g/mol. The van der Waals surface area contributed by atoms with Crippen LogP contribution in [0.4, 0.5) is 8.78 Å². The van der Waals surface area contributed by atoms with E-state index in [0.29, 0.717) is 17.4 Å². The number of hydrogen-bond acceptors (Lipinski definition) is 1. The molecule has 0 radical (unpaired) electrons. The maximum atomic E-state index is 14.1. The largest absolute Gasteiger partial charge is 0.310 e. The van der Waals surface area contributed by atoms with Crippen LogP contribution in [0.25, 0.3) is 0 Å². The highest BCUT2D eigenvalue weighted by Gasteiger charge is 2.20. The summed E-state index contributed by atoms with van der Waals surface area (Å²) >= 11 is 5.34. The van der Waals surface area contributed by atoms with Crippen LogP contribution in [0.15, 0.2) is 40.9 Å². The van der Waals surface area contributed by atoms with Gasteiger partial charge < -0.3 is 5.32 Å². The predicted octanol–water partition coefficient (Wildman–Crippen LogP) is 5.23. The quantitative estimate of drug-likeness (QED) is 0.596. The Balaban J connectivity index is 2.33. The maximum Gasteiger partial charge on any atom is 0.132 e. The molecule has 1 nitrogen and oxygen atoms in total. The summed E-state index contributed by atoms with van der Waals surface area (Å²) in [5.74, 6) is -1.06. The summed E-state index contributed by atoms with van der Waals surface area (Å²) in [6.07, 6.45) is 0.542. The zero-order valence-corrected chi connectivity index (χ0v) is 15.2. The van der Waals surface area contributed by atoms with Crippen molar-refractivity contribution in [3.05, 3.63) is 67.2 Å². The van der Waals surface area contributed by atoms with Gasteiger partial charge in [-0.3, -0.25) is 0 Å². The first-order chi connectivity index (χ1) is 10.0. The van der Waals surface area contributed by atoms with Gasteiger partial charge in [-0.05, 0) is 65.4 Å². The lowest BCUT2D eigenvalue weighted by Gasteiger charge is -2.20. The molecular weight excluding hydrogens is 451 g/mol. The van der Waals surface area contributed by atoms with E-state index in [0.717, 1.165) is 9.13 Å². The average Bonchev–Trinajstić information content (AvgIpc) is 2.40. The second-order valence-corrected chi connectivity index (χ2v) is 6.89. The van der Waals surface area contributed by atoms with E-state index in [1.807, 2.05) is 31.2 Å². The SMILES string of the molecule is CCNC(Cc1ccc(I)cc1)c1c(F)cc(Br)cc1F. The van der Waals surface area contributed by atoms with E-state index in [9.17, 15) is 8.78 Å². The van der Waals surface area contributed by atoms with Gasteiger partial charge in [0.25, 0.3) is 0 Å². The van der Waals surface area contributed by atoms with Gasteiger partial charge in [0, 0.05) is 19.6 Å². The van der Waals surface area contributed by atoms with Crippen LogP contribution < -0.4 is 5.32 Å². The van der Waals surface area contributed by atoms with Gasteiger partial charge in [-0.1, -0.05) is 35.0 Å². The van der Waals surface area contributed by atoms with E-state index >= 15 is 0 Å². The molecule has 0 saturated heterocycles. The van der Waals surface area contributed by atoms with E-state index in [4.69, 9.17) is 0 Å². The zero-order valence-electron chi connectivity index (χ0n) is 11.5. The highest BCUT2D eigenvalue weighted by atomic mass is 127. The van der Waals surface area contributed by atoms with E-state index in [2.05, 4.69) is 43.8 Å². The predicted molar refractivity (Wildman–Crippen MR) is 93.3 cm³/mol. The molecule has 1 unspecified atom stereocenters. The van der Waals surface area contributed by atoms with E-state index in [-0.39, 0.29) is 11.6 Å². The minimum absolute atomic E-state index is 0.0959. The molecule has 21 heavy (non-hydrogen) atoms. The van der Waals surface area contributed by atoms with Crippen molar-refractivity contribution in [3.8, 4) is 0 Å². The average molecular weight is 466 g/mol.